The number of amides is 1. The minimum atomic E-state index is -4.04. The Morgan fingerprint density at radius 2 is 1.91 bits per heavy atom. The van der Waals surface area contributed by atoms with Gasteiger partial charge in [-0.3, -0.25) is 4.79 Å². The molecule has 1 saturated heterocycles. The molecule has 2 aliphatic rings. The molecule has 9 nitrogen and oxygen atoms in total. The van der Waals surface area contributed by atoms with Crippen molar-refractivity contribution in [2.75, 3.05) is 28.6 Å². The number of carbonyl (C=O) groups is 1. The van der Waals surface area contributed by atoms with Gasteiger partial charge in [0.2, 0.25) is 5.91 Å². The fourth-order valence-corrected chi connectivity index (χ4v) is 5.47. The summed E-state index contributed by atoms with van der Waals surface area (Å²) >= 11 is 5.95. The first-order valence-corrected chi connectivity index (χ1v) is 12.2. The Morgan fingerprint density at radius 1 is 1.18 bits per heavy atom. The molecule has 172 valence electrons. The second-order valence-electron chi connectivity index (χ2n) is 7.97. The minimum absolute atomic E-state index is 0.00278. The van der Waals surface area contributed by atoms with Crippen LogP contribution < -0.4 is 15.5 Å². The standard InChI is InChI=1S/C21H19ClFN5O4S/c22-13-4-2-12(3-5-13)10-28-17-8-14(19-25-26-21(32-19)27-6-1-7-27)15(23)9-18(17)33(30,31)11-16(24)20(28)29/h2-5,8-9,16H,1,6-7,10-11,24H2/t16-/m0/s1. The number of anilines is 2. The normalized spacial score (nSPS) is 19.7. The van der Waals surface area contributed by atoms with Gasteiger partial charge in [-0.1, -0.05) is 28.8 Å². The largest absolute Gasteiger partial charge is 0.403 e. The van der Waals surface area contributed by atoms with Gasteiger partial charge in [-0.2, -0.15) is 0 Å². The molecule has 2 N–H and O–H groups in total. The van der Waals surface area contributed by atoms with Gasteiger partial charge in [-0.25, -0.2) is 12.8 Å². The van der Waals surface area contributed by atoms with Crippen molar-refractivity contribution in [2.45, 2.75) is 23.9 Å². The molecule has 0 saturated carbocycles. The Balaban J connectivity index is 1.63. The number of hydrogen-bond donors (Lipinski definition) is 1. The number of hydrogen-bond acceptors (Lipinski definition) is 8. The molecular weight excluding hydrogens is 473 g/mol. The summed E-state index contributed by atoms with van der Waals surface area (Å²) in [5.41, 5.74) is 6.50. The van der Waals surface area contributed by atoms with E-state index in [1.165, 1.54) is 11.0 Å². The quantitative estimate of drug-likeness (QED) is 0.590. The van der Waals surface area contributed by atoms with Crippen LogP contribution in [0.3, 0.4) is 0 Å². The molecule has 3 aromatic rings. The van der Waals surface area contributed by atoms with Crippen molar-refractivity contribution in [1.29, 1.82) is 0 Å². The molecule has 1 fully saturated rings. The van der Waals surface area contributed by atoms with E-state index >= 15 is 4.39 Å². The molecule has 2 aromatic carbocycles. The van der Waals surface area contributed by atoms with Crippen molar-refractivity contribution in [3.63, 3.8) is 0 Å². The monoisotopic (exact) mass is 491 g/mol. The smallest absolute Gasteiger partial charge is 0.318 e. The lowest BCUT2D eigenvalue weighted by Crippen LogP contribution is -2.45. The molecule has 0 bridgehead atoms. The number of nitrogens with zero attached hydrogens (tertiary/aromatic N) is 4. The average Bonchev–Trinajstić information content (AvgIpc) is 3.18. The molecule has 1 atom stereocenters. The van der Waals surface area contributed by atoms with Crippen LogP contribution in [0.25, 0.3) is 11.5 Å². The van der Waals surface area contributed by atoms with Crippen LogP contribution in [0.2, 0.25) is 5.02 Å². The van der Waals surface area contributed by atoms with Crippen LogP contribution in [0.5, 0.6) is 0 Å². The highest BCUT2D eigenvalue weighted by molar-refractivity contribution is 7.91. The Labute approximate surface area is 193 Å². The number of benzene rings is 2. The van der Waals surface area contributed by atoms with Crippen molar-refractivity contribution in [3.05, 3.63) is 52.8 Å². The fraction of sp³-hybridized carbons (Fsp3) is 0.286. The lowest BCUT2D eigenvalue weighted by molar-refractivity contribution is -0.119. The predicted molar refractivity (Wildman–Crippen MR) is 119 cm³/mol. The summed E-state index contributed by atoms with van der Waals surface area (Å²) in [4.78, 5) is 15.9. The molecule has 2 aliphatic heterocycles. The fourth-order valence-electron chi connectivity index (χ4n) is 3.78. The number of halogens is 2. The summed E-state index contributed by atoms with van der Waals surface area (Å²) in [6.45, 7) is 1.53. The van der Waals surface area contributed by atoms with E-state index in [4.69, 9.17) is 21.8 Å². The van der Waals surface area contributed by atoms with Gasteiger partial charge in [0, 0.05) is 18.1 Å². The third kappa shape index (κ3) is 3.96. The molecule has 0 spiro atoms. The van der Waals surface area contributed by atoms with Gasteiger partial charge in [0.25, 0.3) is 5.89 Å². The van der Waals surface area contributed by atoms with E-state index in [0.717, 1.165) is 25.6 Å². The van der Waals surface area contributed by atoms with Crippen LogP contribution in [0.1, 0.15) is 12.0 Å². The van der Waals surface area contributed by atoms with E-state index in [0.29, 0.717) is 10.6 Å². The highest BCUT2D eigenvalue weighted by Gasteiger charge is 2.37. The second kappa shape index (κ2) is 8.08. The van der Waals surface area contributed by atoms with E-state index in [1.807, 2.05) is 4.90 Å². The van der Waals surface area contributed by atoms with Crippen LogP contribution >= 0.6 is 11.6 Å². The number of carbonyl (C=O) groups excluding carboxylic acids is 1. The van der Waals surface area contributed by atoms with E-state index in [-0.39, 0.29) is 34.6 Å². The van der Waals surface area contributed by atoms with Gasteiger partial charge in [-0.15, -0.1) is 5.10 Å². The van der Waals surface area contributed by atoms with Crippen LogP contribution in [0.15, 0.2) is 45.7 Å². The zero-order valence-electron chi connectivity index (χ0n) is 17.2. The Hall–Kier alpha value is -3.02. The molecule has 33 heavy (non-hydrogen) atoms. The van der Waals surface area contributed by atoms with E-state index in [1.54, 1.807) is 24.3 Å². The summed E-state index contributed by atoms with van der Waals surface area (Å²) in [6, 6.07) is 7.82. The number of nitrogens with two attached hydrogens (primary N) is 1. The summed E-state index contributed by atoms with van der Waals surface area (Å²) in [5, 5.41) is 8.38. The van der Waals surface area contributed by atoms with Crippen molar-refractivity contribution in [1.82, 2.24) is 10.2 Å². The number of aromatic nitrogens is 2. The third-order valence-electron chi connectivity index (χ3n) is 5.68. The van der Waals surface area contributed by atoms with Crippen LogP contribution in [0, 0.1) is 5.82 Å². The van der Waals surface area contributed by atoms with Crippen LogP contribution in [0.4, 0.5) is 16.1 Å². The summed E-state index contributed by atoms with van der Waals surface area (Å²) in [7, 11) is -4.04. The third-order valence-corrected chi connectivity index (χ3v) is 7.73. The summed E-state index contributed by atoms with van der Waals surface area (Å²) in [6.07, 6.45) is 0.991. The van der Waals surface area contributed by atoms with Gasteiger partial charge < -0.3 is 20.0 Å². The second-order valence-corrected chi connectivity index (χ2v) is 10.4. The molecule has 1 aromatic heterocycles. The maximum Gasteiger partial charge on any atom is 0.318 e. The molecule has 0 radical (unpaired) electrons. The van der Waals surface area contributed by atoms with Gasteiger partial charge in [0.05, 0.1) is 34.5 Å². The van der Waals surface area contributed by atoms with E-state index in [9.17, 15) is 13.2 Å². The lowest BCUT2D eigenvalue weighted by Gasteiger charge is -2.28. The average molecular weight is 492 g/mol. The van der Waals surface area contributed by atoms with Gasteiger partial charge in [0.1, 0.15) is 5.82 Å². The lowest BCUT2D eigenvalue weighted by atomic mass is 10.1. The zero-order valence-corrected chi connectivity index (χ0v) is 18.8. The van der Waals surface area contributed by atoms with Crippen LogP contribution in [-0.4, -0.2) is 49.4 Å². The van der Waals surface area contributed by atoms with Gasteiger partial charge >= 0.3 is 6.01 Å². The topological polar surface area (TPSA) is 123 Å². The van der Waals surface area contributed by atoms with Crippen molar-refractivity contribution < 1.29 is 22.0 Å². The maximum absolute atomic E-state index is 15.1. The molecule has 12 heteroatoms. The summed E-state index contributed by atoms with van der Waals surface area (Å²) < 4.78 is 46.6. The predicted octanol–water partition coefficient (Wildman–Crippen LogP) is 2.39. The molecule has 0 unspecified atom stereocenters. The van der Waals surface area contributed by atoms with Gasteiger partial charge in [-0.05, 0) is 36.2 Å². The molecule has 0 aliphatic carbocycles. The number of rotatable bonds is 4. The van der Waals surface area contributed by atoms with E-state index in [2.05, 4.69) is 10.2 Å². The Bertz CT molecular complexity index is 1340. The summed E-state index contributed by atoms with van der Waals surface area (Å²) in [5.74, 6) is -2.20. The Morgan fingerprint density at radius 3 is 2.58 bits per heavy atom. The molecule has 3 heterocycles. The molecular formula is C21H19ClFN5O4S. The molecule has 5 rings (SSSR count). The highest BCUT2D eigenvalue weighted by atomic mass is 35.5. The molecule has 1 amide bonds. The first-order chi connectivity index (χ1) is 15.7. The van der Waals surface area contributed by atoms with E-state index < -0.39 is 33.4 Å². The SMILES string of the molecule is N[C@H]1CS(=O)(=O)c2cc(F)c(-c3nnc(N4CCC4)o3)cc2N(Cc2ccc(Cl)cc2)C1=O. The minimum Gasteiger partial charge on any atom is -0.403 e. The zero-order chi connectivity index (χ0) is 23.3. The van der Waals surface area contributed by atoms with Crippen LogP contribution in [-0.2, 0) is 21.2 Å². The number of fused-ring (bicyclic) bond motifs is 1. The van der Waals surface area contributed by atoms with Crippen molar-refractivity contribution in [3.8, 4) is 11.5 Å². The maximum atomic E-state index is 15.1. The number of sulfone groups is 1. The highest BCUT2D eigenvalue weighted by Crippen LogP contribution is 2.37. The van der Waals surface area contributed by atoms with Gasteiger partial charge in [0.15, 0.2) is 9.84 Å². The first-order valence-electron chi connectivity index (χ1n) is 10.2. The first kappa shape index (κ1) is 21.8. The van der Waals surface area contributed by atoms with Crippen molar-refractivity contribution in [2.24, 2.45) is 5.73 Å². The Kier molecular flexibility index (Phi) is 5.34. The van der Waals surface area contributed by atoms with Crippen molar-refractivity contribution >= 4 is 39.0 Å².